The number of anilines is 2. The Morgan fingerprint density at radius 2 is 1.60 bits per heavy atom. The second-order valence-electron chi connectivity index (χ2n) is 7.12. The van der Waals surface area contributed by atoms with Crippen LogP contribution in [0.15, 0.2) is 101 Å². The first-order valence-corrected chi connectivity index (χ1v) is 10.6. The van der Waals surface area contributed by atoms with Gasteiger partial charge in [0.2, 0.25) is 0 Å². The van der Waals surface area contributed by atoms with Crippen LogP contribution in [0.4, 0.5) is 11.5 Å². The summed E-state index contributed by atoms with van der Waals surface area (Å²) in [6.07, 6.45) is 0. The topological polar surface area (TPSA) is 53.6 Å². The number of hydrogen-bond donors (Lipinski definition) is 2. The van der Waals surface area contributed by atoms with Gasteiger partial charge < -0.3 is 5.32 Å². The number of aromatic nitrogens is 3. The van der Waals surface area contributed by atoms with E-state index in [1.165, 1.54) is 10.8 Å². The van der Waals surface area contributed by atoms with Gasteiger partial charge in [0.1, 0.15) is 5.03 Å². The Hall–Kier alpha value is -3.57. The van der Waals surface area contributed by atoms with E-state index < -0.39 is 0 Å². The molecule has 0 aliphatic rings. The molecule has 30 heavy (non-hydrogen) atoms. The van der Waals surface area contributed by atoms with Crippen LogP contribution in [-0.2, 0) is 0 Å². The highest BCUT2D eigenvalue weighted by atomic mass is 32.2. The highest BCUT2D eigenvalue weighted by molar-refractivity contribution is 7.99. The smallest absolute Gasteiger partial charge is 0.152 e. The predicted octanol–water partition coefficient (Wildman–Crippen LogP) is 6.83. The first kappa shape index (κ1) is 18.5. The lowest BCUT2D eigenvalue weighted by molar-refractivity contribution is 1.05. The van der Waals surface area contributed by atoms with Gasteiger partial charge in [0.25, 0.3) is 0 Å². The highest BCUT2D eigenvalue weighted by Crippen LogP contribution is 2.33. The van der Waals surface area contributed by atoms with Crippen LogP contribution in [0.1, 0.15) is 5.69 Å². The zero-order valence-electron chi connectivity index (χ0n) is 16.5. The van der Waals surface area contributed by atoms with Crippen LogP contribution in [0.5, 0.6) is 0 Å². The maximum Gasteiger partial charge on any atom is 0.152 e. The Bertz CT molecular complexity index is 1310. The van der Waals surface area contributed by atoms with E-state index in [9.17, 15) is 0 Å². The molecule has 0 atom stereocenters. The van der Waals surface area contributed by atoms with Crippen LogP contribution in [0.3, 0.4) is 0 Å². The van der Waals surface area contributed by atoms with Crippen molar-refractivity contribution < 1.29 is 0 Å². The van der Waals surface area contributed by atoms with Crippen molar-refractivity contribution in [2.75, 3.05) is 5.32 Å². The number of aryl methyl sites for hydroxylation is 1. The molecule has 2 heterocycles. The molecule has 0 saturated carbocycles. The third kappa shape index (κ3) is 4.07. The Labute approximate surface area is 179 Å². The summed E-state index contributed by atoms with van der Waals surface area (Å²) in [6.45, 7) is 1.99. The fraction of sp³-hybridized carbons (Fsp3) is 0.0400. The second kappa shape index (κ2) is 8.05. The number of aromatic amines is 1. The minimum atomic E-state index is 0.791. The molecule has 0 bridgehead atoms. The number of benzene rings is 3. The number of pyridine rings is 1. The van der Waals surface area contributed by atoms with Crippen LogP contribution in [0.25, 0.3) is 22.0 Å². The summed E-state index contributed by atoms with van der Waals surface area (Å²) in [7, 11) is 0. The fourth-order valence-electron chi connectivity index (χ4n) is 3.37. The number of rotatable bonds is 5. The van der Waals surface area contributed by atoms with Crippen molar-refractivity contribution >= 4 is 34.0 Å². The van der Waals surface area contributed by atoms with Gasteiger partial charge >= 0.3 is 0 Å². The molecular formula is C25H20N4S. The van der Waals surface area contributed by atoms with Gasteiger partial charge in [-0.05, 0) is 42.0 Å². The molecule has 4 nitrogen and oxygen atoms in total. The number of hydrogen-bond acceptors (Lipinski definition) is 4. The average molecular weight is 409 g/mol. The molecule has 0 aliphatic heterocycles. The minimum absolute atomic E-state index is 0.791. The predicted molar refractivity (Wildman–Crippen MR) is 124 cm³/mol. The number of fused-ring (bicyclic) bond motifs is 1. The monoisotopic (exact) mass is 408 g/mol. The van der Waals surface area contributed by atoms with Crippen molar-refractivity contribution in [3.8, 4) is 11.3 Å². The summed E-state index contributed by atoms with van der Waals surface area (Å²) in [4.78, 5) is 6.08. The second-order valence-corrected chi connectivity index (χ2v) is 8.21. The highest BCUT2D eigenvalue weighted by Gasteiger charge is 2.09. The molecule has 5 aromatic rings. The van der Waals surface area contributed by atoms with Gasteiger partial charge in [-0.2, -0.15) is 5.10 Å². The number of H-pyrrole nitrogens is 1. The third-order valence-corrected chi connectivity index (χ3v) is 5.70. The van der Waals surface area contributed by atoms with E-state index in [-0.39, 0.29) is 0 Å². The van der Waals surface area contributed by atoms with Gasteiger partial charge in [-0.1, -0.05) is 72.4 Å². The Morgan fingerprint density at radius 1 is 0.800 bits per heavy atom. The van der Waals surface area contributed by atoms with E-state index in [0.29, 0.717) is 0 Å². The summed E-state index contributed by atoms with van der Waals surface area (Å²) < 4.78 is 0. The van der Waals surface area contributed by atoms with Crippen LogP contribution < -0.4 is 5.32 Å². The van der Waals surface area contributed by atoms with Crippen molar-refractivity contribution in [1.29, 1.82) is 0 Å². The van der Waals surface area contributed by atoms with Crippen LogP contribution in [0.2, 0.25) is 0 Å². The van der Waals surface area contributed by atoms with Gasteiger partial charge in [-0.3, -0.25) is 5.10 Å². The largest absolute Gasteiger partial charge is 0.339 e. The molecule has 0 fully saturated rings. The lowest BCUT2D eigenvalue weighted by Gasteiger charge is -2.10. The zero-order valence-corrected chi connectivity index (χ0v) is 17.3. The summed E-state index contributed by atoms with van der Waals surface area (Å²) in [5.41, 5.74) is 3.98. The minimum Gasteiger partial charge on any atom is -0.339 e. The lowest BCUT2D eigenvalue weighted by Crippen LogP contribution is -1.95. The van der Waals surface area contributed by atoms with Crippen LogP contribution in [-0.4, -0.2) is 15.2 Å². The molecule has 5 heteroatoms. The molecule has 2 aromatic heterocycles. The first-order valence-electron chi connectivity index (χ1n) is 9.76. The van der Waals surface area contributed by atoms with E-state index in [0.717, 1.165) is 38.4 Å². The van der Waals surface area contributed by atoms with E-state index >= 15 is 0 Å². The maximum atomic E-state index is 4.92. The standard InChI is InChI=1S/C25H20N4S/c1-17-13-24(29-28-17)26-21-15-23(19-8-3-2-4-9-19)27-25(16-21)30-22-12-11-18-7-5-6-10-20(18)14-22/h2-16H,1H3,(H2,26,27,28,29). The molecule has 0 saturated heterocycles. The fourth-order valence-corrected chi connectivity index (χ4v) is 4.26. The normalized spacial score (nSPS) is 11.0. The number of nitrogens with one attached hydrogen (secondary N) is 2. The molecule has 3 aromatic carbocycles. The van der Waals surface area contributed by atoms with Crippen molar-refractivity contribution in [3.63, 3.8) is 0 Å². The summed E-state index contributed by atoms with van der Waals surface area (Å²) >= 11 is 1.66. The van der Waals surface area contributed by atoms with Gasteiger partial charge in [0.15, 0.2) is 5.82 Å². The Kier molecular flexibility index (Phi) is 4.95. The molecular weight excluding hydrogens is 388 g/mol. The lowest BCUT2D eigenvalue weighted by atomic mass is 10.1. The van der Waals surface area contributed by atoms with Gasteiger partial charge in [0, 0.05) is 27.9 Å². The van der Waals surface area contributed by atoms with E-state index in [2.05, 4.69) is 82.2 Å². The van der Waals surface area contributed by atoms with E-state index in [1.807, 2.05) is 31.2 Å². The molecule has 146 valence electrons. The van der Waals surface area contributed by atoms with Gasteiger partial charge in [-0.15, -0.1) is 0 Å². The average Bonchev–Trinajstić information content (AvgIpc) is 3.18. The quantitative estimate of drug-likeness (QED) is 0.335. The summed E-state index contributed by atoms with van der Waals surface area (Å²) in [5, 5.41) is 14.1. The van der Waals surface area contributed by atoms with Crippen LogP contribution >= 0.6 is 11.8 Å². The molecule has 5 rings (SSSR count). The van der Waals surface area contributed by atoms with Crippen molar-refractivity contribution in [2.45, 2.75) is 16.8 Å². The molecule has 2 N–H and O–H groups in total. The van der Waals surface area contributed by atoms with Gasteiger partial charge in [0.05, 0.1) is 5.69 Å². The van der Waals surface area contributed by atoms with Crippen molar-refractivity contribution in [1.82, 2.24) is 15.2 Å². The molecule has 0 radical (unpaired) electrons. The molecule has 0 aliphatic carbocycles. The van der Waals surface area contributed by atoms with Gasteiger partial charge in [-0.25, -0.2) is 4.98 Å². The van der Waals surface area contributed by atoms with Crippen LogP contribution in [0, 0.1) is 6.92 Å². The Balaban J connectivity index is 1.52. The molecule has 0 unspecified atom stereocenters. The maximum absolute atomic E-state index is 4.92. The zero-order chi connectivity index (χ0) is 20.3. The number of nitrogens with zero attached hydrogens (tertiary/aromatic N) is 2. The van der Waals surface area contributed by atoms with Crippen molar-refractivity contribution in [2.24, 2.45) is 0 Å². The molecule has 0 spiro atoms. The summed E-state index contributed by atoms with van der Waals surface area (Å²) in [5.74, 6) is 0.791. The summed E-state index contributed by atoms with van der Waals surface area (Å²) in [6, 6.07) is 31.3. The van der Waals surface area contributed by atoms with Crippen molar-refractivity contribution in [3.05, 3.63) is 96.7 Å². The SMILES string of the molecule is Cc1cc(Nc2cc(Sc3ccc4ccccc4c3)nc(-c3ccccc3)c2)n[nH]1. The van der Waals surface area contributed by atoms with E-state index in [4.69, 9.17) is 4.98 Å². The van der Waals surface area contributed by atoms with E-state index in [1.54, 1.807) is 11.8 Å². The Morgan fingerprint density at radius 3 is 2.40 bits per heavy atom. The third-order valence-electron chi connectivity index (χ3n) is 4.79. The first-order chi connectivity index (χ1) is 14.7. The molecule has 0 amide bonds.